The van der Waals surface area contributed by atoms with Crippen LogP contribution in [0.4, 0.5) is 17.1 Å². The number of carbonyl (C=O) groups excluding carboxylic acids is 1. The van der Waals surface area contributed by atoms with Crippen molar-refractivity contribution < 1.29 is 18.1 Å². The minimum absolute atomic E-state index is 0.0752. The molecule has 1 aliphatic rings. The smallest absolute Gasteiger partial charge is 0.269 e. The number of nitrogens with zero attached hydrogens (tertiary/aromatic N) is 2. The highest BCUT2D eigenvalue weighted by Crippen LogP contribution is 2.32. The summed E-state index contributed by atoms with van der Waals surface area (Å²) in [4.78, 5) is 22.6. The van der Waals surface area contributed by atoms with Crippen molar-refractivity contribution in [2.75, 3.05) is 21.9 Å². The fourth-order valence-electron chi connectivity index (χ4n) is 3.21. The van der Waals surface area contributed by atoms with Gasteiger partial charge in [-0.3, -0.25) is 19.2 Å². The van der Waals surface area contributed by atoms with Crippen LogP contribution < -0.4 is 9.62 Å². The molecule has 2 aromatic rings. The van der Waals surface area contributed by atoms with Crippen molar-refractivity contribution in [2.24, 2.45) is 0 Å². The number of carbonyl (C=O) groups is 1. The molecule has 0 aromatic heterocycles. The molecule has 1 aliphatic heterocycles. The molecule has 0 saturated carbocycles. The van der Waals surface area contributed by atoms with Gasteiger partial charge in [-0.05, 0) is 49.1 Å². The summed E-state index contributed by atoms with van der Waals surface area (Å²) >= 11 is 0. The van der Waals surface area contributed by atoms with Crippen molar-refractivity contribution in [3.8, 4) is 0 Å². The third-order valence-corrected chi connectivity index (χ3v) is 6.53. The second-order valence-corrected chi connectivity index (χ2v) is 8.61. The highest BCUT2D eigenvalue weighted by molar-refractivity contribution is 7.92. The monoisotopic (exact) mass is 403 g/mol. The Hall–Kier alpha value is -2.94. The van der Waals surface area contributed by atoms with E-state index in [9.17, 15) is 23.3 Å². The van der Waals surface area contributed by atoms with Gasteiger partial charge in [-0.15, -0.1) is 0 Å². The van der Waals surface area contributed by atoms with E-state index in [2.05, 4.69) is 5.32 Å². The second-order valence-electron chi connectivity index (χ2n) is 6.59. The quantitative estimate of drug-likeness (QED) is 0.588. The Labute approximate surface area is 163 Å². The molecule has 2 aromatic carbocycles. The highest BCUT2D eigenvalue weighted by Gasteiger charge is 2.27. The average molecular weight is 403 g/mol. The molecule has 8 nitrogen and oxygen atoms in total. The molecule has 0 bridgehead atoms. The van der Waals surface area contributed by atoms with E-state index in [1.807, 2.05) is 13.0 Å². The Bertz CT molecular complexity index is 1000. The number of nitro benzene ring substituents is 1. The number of amides is 1. The van der Waals surface area contributed by atoms with Crippen LogP contribution >= 0.6 is 0 Å². The SMILES string of the molecule is CCCS(=O)(=O)N1CCCc2ccc(NC(=O)c3ccc([N+](=O)[O-])cc3)cc21. The molecule has 0 radical (unpaired) electrons. The van der Waals surface area contributed by atoms with Gasteiger partial charge in [0.25, 0.3) is 11.6 Å². The van der Waals surface area contributed by atoms with Gasteiger partial charge < -0.3 is 5.32 Å². The summed E-state index contributed by atoms with van der Waals surface area (Å²) in [6.45, 7) is 2.25. The van der Waals surface area contributed by atoms with Crippen LogP contribution in [0.3, 0.4) is 0 Å². The minimum atomic E-state index is -3.40. The van der Waals surface area contributed by atoms with Crippen molar-refractivity contribution in [2.45, 2.75) is 26.2 Å². The number of sulfonamides is 1. The van der Waals surface area contributed by atoms with Crippen LogP contribution in [-0.2, 0) is 16.4 Å². The molecule has 0 saturated heterocycles. The van der Waals surface area contributed by atoms with E-state index in [0.29, 0.717) is 24.3 Å². The standard InChI is InChI=1S/C19H21N3O5S/c1-2-12-28(26,27)21-11-3-4-14-5-8-16(13-18(14)21)20-19(23)15-6-9-17(10-7-15)22(24)25/h5-10,13H,2-4,11-12H2,1H3,(H,20,23). The molecule has 0 unspecified atom stereocenters. The van der Waals surface area contributed by atoms with E-state index >= 15 is 0 Å². The first-order valence-corrected chi connectivity index (χ1v) is 10.6. The van der Waals surface area contributed by atoms with E-state index in [1.54, 1.807) is 12.1 Å². The summed E-state index contributed by atoms with van der Waals surface area (Å²) in [6.07, 6.45) is 2.07. The van der Waals surface area contributed by atoms with Crippen LogP contribution in [0, 0.1) is 10.1 Å². The van der Waals surface area contributed by atoms with Gasteiger partial charge in [-0.25, -0.2) is 8.42 Å². The molecule has 0 atom stereocenters. The van der Waals surface area contributed by atoms with Crippen molar-refractivity contribution in [3.63, 3.8) is 0 Å². The van der Waals surface area contributed by atoms with Gasteiger partial charge in [0.15, 0.2) is 0 Å². The number of nitro groups is 1. The van der Waals surface area contributed by atoms with E-state index in [1.165, 1.54) is 28.6 Å². The molecule has 1 amide bonds. The summed E-state index contributed by atoms with van der Waals surface area (Å²) in [7, 11) is -3.40. The number of hydrogen-bond acceptors (Lipinski definition) is 5. The van der Waals surface area contributed by atoms with Gasteiger partial charge in [-0.2, -0.15) is 0 Å². The van der Waals surface area contributed by atoms with Crippen LogP contribution in [0.5, 0.6) is 0 Å². The van der Waals surface area contributed by atoms with Crippen molar-refractivity contribution in [1.82, 2.24) is 0 Å². The number of non-ortho nitro benzene ring substituents is 1. The predicted molar refractivity (Wildman–Crippen MR) is 107 cm³/mol. The zero-order valence-corrected chi connectivity index (χ0v) is 16.2. The molecule has 0 aliphatic carbocycles. The molecule has 9 heteroatoms. The van der Waals surface area contributed by atoms with Crippen LogP contribution in [0.1, 0.15) is 35.7 Å². The van der Waals surface area contributed by atoms with Gasteiger partial charge in [0.2, 0.25) is 10.0 Å². The van der Waals surface area contributed by atoms with Gasteiger partial charge >= 0.3 is 0 Å². The average Bonchev–Trinajstić information content (AvgIpc) is 2.67. The normalized spacial score (nSPS) is 13.7. The Morgan fingerprint density at radius 2 is 1.93 bits per heavy atom. The number of nitrogens with one attached hydrogen (secondary N) is 1. The number of aryl methyl sites for hydroxylation is 1. The molecule has 0 spiro atoms. The summed E-state index contributed by atoms with van der Waals surface area (Å²) in [5.74, 6) is -0.347. The van der Waals surface area contributed by atoms with Gasteiger partial charge in [-0.1, -0.05) is 13.0 Å². The molecule has 148 valence electrons. The molecule has 28 heavy (non-hydrogen) atoms. The fraction of sp³-hybridized carbons (Fsp3) is 0.316. The molecule has 0 fully saturated rings. The van der Waals surface area contributed by atoms with Crippen molar-refractivity contribution in [3.05, 3.63) is 63.7 Å². The summed E-state index contributed by atoms with van der Waals surface area (Å²) in [5.41, 5.74) is 2.18. The number of hydrogen-bond donors (Lipinski definition) is 1. The van der Waals surface area contributed by atoms with Gasteiger partial charge in [0.05, 0.1) is 16.4 Å². The van der Waals surface area contributed by atoms with E-state index in [4.69, 9.17) is 0 Å². The summed E-state index contributed by atoms with van der Waals surface area (Å²) < 4.78 is 26.6. The molecule has 1 N–H and O–H groups in total. The third kappa shape index (κ3) is 4.14. The Morgan fingerprint density at radius 3 is 2.57 bits per heavy atom. The Kier molecular flexibility index (Phi) is 5.64. The van der Waals surface area contributed by atoms with Crippen LogP contribution in [0.2, 0.25) is 0 Å². The van der Waals surface area contributed by atoms with Gasteiger partial charge in [0, 0.05) is 29.9 Å². The topological polar surface area (TPSA) is 110 Å². The summed E-state index contributed by atoms with van der Waals surface area (Å²) in [5, 5.41) is 13.4. The lowest BCUT2D eigenvalue weighted by molar-refractivity contribution is -0.384. The van der Waals surface area contributed by atoms with Gasteiger partial charge in [0.1, 0.15) is 0 Å². The molecular weight excluding hydrogens is 382 g/mol. The minimum Gasteiger partial charge on any atom is -0.322 e. The number of benzene rings is 2. The largest absolute Gasteiger partial charge is 0.322 e. The van der Waals surface area contributed by atoms with E-state index in [0.717, 1.165) is 18.4 Å². The molecule has 3 rings (SSSR count). The number of fused-ring (bicyclic) bond motifs is 1. The maximum atomic E-state index is 12.6. The second kappa shape index (κ2) is 7.97. The molecule has 1 heterocycles. The lowest BCUT2D eigenvalue weighted by atomic mass is 10.0. The number of anilines is 2. The maximum Gasteiger partial charge on any atom is 0.269 e. The molecular formula is C19H21N3O5S. The maximum absolute atomic E-state index is 12.6. The fourth-order valence-corrected chi connectivity index (χ4v) is 4.83. The predicted octanol–water partition coefficient (Wildman–Crippen LogP) is 3.34. The first kappa shape index (κ1) is 19.8. The Morgan fingerprint density at radius 1 is 1.21 bits per heavy atom. The van der Waals surface area contributed by atoms with Crippen LogP contribution in [0.25, 0.3) is 0 Å². The lowest BCUT2D eigenvalue weighted by Gasteiger charge is -2.31. The van der Waals surface area contributed by atoms with Crippen LogP contribution in [-0.4, -0.2) is 31.5 Å². The van der Waals surface area contributed by atoms with Crippen molar-refractivity contribution >= 4 is 33.0 Å². The summed E-state index contributed by atoms with van der Waals surface area (Å²) in [6, 6.07) is 10.5. The highest BCUT2D eigenvalue weighted by atomic mass is 32.2. The zero-order valence-electron chi connectivity index (χ0n) is 15.4. The third-order valence-electron chi connectivity index (χ3n) is 4.56. The first-order valence-electron chi connectivity index (χ1n) is 9.01. The van der Waals surface area contributed by atoms with Crippen LogP contribution in [0.15, 0.2) is 42.5 Å². The number of rotatable bonds is 6. The first-order chi connectivity index (χ1) is 13.3. The van der Waals surface area contributed by atoms with E-state index < -0.39 is 20.9 Å². The lowest BCUT2D eigenvalue weighted by Crippen LogP contribution is -2.37. The zero-order chi connectivity index (χ0) is 20.3. The van der Waals surface area contributed by atoms with E-state index in [-0.39, 0.29) is 17.0 Å². The Balaban J connectivity index is 1.84. The van der Waals surface area contributed by atoms with Crippen molar-refractivity contribution in [1.29, 1.82) is 0 Å².